The molecule has 8 aromatic rings. The maximum absolute atomic E-state index is 13.9. The Balaban J connectivity index is 0.000000219. The zero-order valence-corrected chi connectivity index (χ0v) is 54.3. The Hall–Kier alpha value is -8.05. The van der Waals surface area contributed by atoms with E-state index in [9.17, 15) is 55.5 Å². The van der Waals surface area contributed by atoms with Gasteiger partial charge in [-0.25, -0.2) is 21.6 Å². The average molecular weight is 1360 g/mol. The zero-order chi connectivity index (χ0) is 65.8. The second-order valence-electron chi connectivity index (χ2n) is 22.4. The molecule has 2 aliphatic rings. The first-order valence-corrected chi connectivity index (χ1v) is 33.8. The van der Waals surface area contributed by atoms with Crippen LogP contribution in [0.2, 0.25) is 20.1 Å². The molecule has 3 atom stereocenters. The molecule has 0 aliphatic carbocycles. The molecule has 1 N–H and O–H groups in total. The highest BCUT2D eigenvalue weighted by molar-refractivity contribution is 7.91. The number of furan rings is 2. The minimum absolute atomic E-state index is 0.0163. The zero-order valence-electron chi connectivity index (χ0n) is 49.6. The number of sulfone groups is 2. The fourth-order valence-corrected chi connectivity index (χ4v) is 13.8. The lowest BCUT2D eigenvalue weighted by atomic mass is 9.89. The largest absolute Gasteiger partial charge is 0.511 e. The number of hydrogen-bond acceptors (Lipinski definition) is 16. The van der Waals surface area contributed by atoms with Crippen LogP contribution in [0.4, 0.5) is 4.79 Å². The van der Waals surface area contributed by atoms with Crippen LogP contribution in [-0.2, 0) is 82.2 Å². The summed E-state index contributed by atoms with van der Waals surface area (Å²) >= 11 is 26.7. The van der Waals surface area contributed by atoms with Crippen molar-refractivity contribution >= 4 is 129 Å². The molecule has 91 heavy (non-hydrogen) atoms. The van der Waals surface area contributed by atoms with Crippen molar-refractivity contribution in [1.29, 1.82) is 0 Å². The SMILES string of the molecule is CC(C)OC(=O)OC(C)OC(=O)[C@@H](CC(=O)c1c(Cl)cc2c(c1Cl)CCN(C(=O)c1ccc3ccoc3c1)C2)Cc1cccc(S(C)(=O)=O)c1.CS(=O)(=O)c1cccc(C[C@H](CC(=O)c2c(Cl)cc3c(c2Cl)CCN(C(=O)c2ccc4ccoc4c2)C3)C(=O)O)c1. The number of rotatable bonds is 19. The molecule has 2 aliphatic heterocycles. The Morgan fingerprint density at radius 1 is 0.560 bits per heavy atom. The smallest absolute Gasteiger partial charge is 0.481 e. The number of carboxylic acids is 1. The number of halogens is 4. The number of benzene rings is 6. The number of carbonyl (C=O) groups is 7. The molecule has 0 saturated heterocycles. The number of aliphatic carboxylic acids is 1. The summed E-state index contributed by atoms with van der Waals surface area (Å²) in [5, 5.41) is 12.0. The summed E-state index contributed by atoms with van der Waals surface area (Å²) in [6.07, 6.45) is 2.21. The van der Waals surface area contributed by atoms with Gasteiger partial charge in [-0.3, -0.25) is 28.8 Å². The molecule has 25 heteroatoms. The van der Waals surface area contributed by atoms with Crippen LogP contribution >= 0.6 is 46.4 Å². The Morgan fingerprint density at radius 2 is 1.00 bits per heavy atom. The summed E-state index contributed by atoms with van der Waals surface area (Å²) in [4.78, 5) is 94.7. The molecule has 0 radical (unpaired) electrons. The summed E-state index contributed by atoms with van der Waals surface area (Å²) in [6, 6.07) is 29.3. The number of ether oxygens (including phenoxy) is 3. The van der Waals surface area contributed by atoms with Gasteiger partial charge in [-0.15, -0.1) is 0 Å². The van der Waals surface area contributed by atoms with Crippen molar-refractivity contribution in [3.63, 3.8) is 0 Å². The highest BCUT2D eigenvalue weighted by Crippen LogP contribution is 2.39. The van der Waals surface area contributed by atoms with E-state index < -0.39 is 80.0 Å². The van der Waals surface area contributed by atoms with Gasteiger partial charge < -0.3 is 38.0 Å². The number of Topliss-reactive ketones (excluding diaryl/α,β-unsaturated/α-hetero) is 2. The van der Waals surface area contributed by atoms with E-state index in [4.69, 9.17) is 69.4 Å². The second kappa shape index (κ2) is 28.2. The molecule has 10 rings (SSSR count). The fraction of sp³-hybridized carbons (Fsp3) is 0.288. The minimum atomic E-state index is -3.56. The molecular weight excluding hydrogens is 1300 g/mol. The number of amides is 2. The van der Waals surface area contributed by atoms with E-state index >= 15 is 0 Å². The second-order valence-corrected chi connectivity index (χ2v) is 28.0. The first-order chi connectivity index (χ1) is 43.0. The molecule has 0 fully saturated rings. The summed E-state index contributed by atoms with van der Waals surface area (Å²) in [5.41, 5.74) is 5.92. The lowest BCUT2D eigenvalue weighted by molar-refractivity contribution is -0.173. The van der Waals surface area contributed by atoms with Crippen molar-refractivity contribution < 1.29 is 78.5 Å². The molecule has 476 valence electrons. The number of carbonyl (C=O) groups excluding carboxylic acids is 6. The van der Waals surface area contributed by atoms with Crippen LogP contribution in [0.15, 0.2) is 140 Å². The summed E-state index contributed by atoms with van der Waals surface area (Å²) in [6.45, 7) is 5.72. The molecule has 1 unspecified atom stereocenters. The number of esters is 1. The van der Waals surface area contributed by atoms with E-state index in [-0.39, 0.29) is 85.2 Å². The molecule has 19 nitrogen and oxygen atoms in total. The molecule has 2 amide bonds. The van der Waals surface area contributed by atoms with Crippen LogP contribution in [0.1, 0.15) is 108 Å². The molecule has 0 saturated carbocycles. The Kier molecular flexibility index (Phi) is 20.9. The molecule has 4 heterocycles. The van der Waals surface area contributed by atoms with E-state index in [1.807, 2.05) is 24.3 Å². The van der Waals surface area contributed by atoms with Crippen molar-refractivity contribution in [2.24, 2.45) is 11.8 Å². The van der Waals surface area contributed by atoms with E-state index in [1.165, 1.54) is 43.3 Å². The third kappa shape index (κ3) is 16.2. The maximum atomic E-state index is 13.9. The van der Waals surface area contributed by atoms with Crippen LogP contribution in [0.5, 0.6) is 0 Å². The minimum Gasteiger partial charge on any atom is -0.481 e. The molecular formula is C66H60Cl4N2O17S2. The van der Waals surface area contributed by atoms with Crippen molar-refractivity contribution in [1.82, 2.24) is 9.80 Å². The van der Waals surface area contributed by atoms with Gasteiger partial charge in [0.1, 0.15) is 11.2 Å². The standard InChI is InChI=1S/C36H35Cl2NO10S.C30H25Cl2NO7S/c1-20(2)47-36(43)49-21(3)48-35(42)25(14-22-6-5-7-27(15-22)50(4,44)45)17-30(40)32-29(37)16-26-19-39(12-10-28(26)33(32)38)34(41)24-9-8-23-11-13-46-31(23)18-24;1-41(38,39)22-4-2-3-17(12-22)11-20(30(36)37)14-25(34)27-24(31)13-21-16-33(9-7-23(21)28(27)32)29(35)19-6-5-18-8-10-40-26(18)15-19/h5-9,11,13,15-16,18,20-21,25H,10,12,14,17,19H2,1-4H3;2-6,8,10,12-13,15,20H,7,9,11,14,16H2,1H3,(H,36,37)/t21?,25-;20-/m11/s1. The van der Waals surface area contributed by atoms with Gasteiger partial charge >= 0.3 is 18.1 Å². The van der Waals surface area contributed by atoms with Gasteiger partial charge in [-0.05, 0) is 146 Å². The van der Waals surface area contributed by atoms with E-state index in [1.54, 1.807) is 84.7 Å². The first-order valence-electron chi connectivity index (χ1n) is 28.5. The van der Waals surface area contributed by atoms with Crippen molar-refractivity contribution in [2.75, 3.05) is 25.6 Å². The Bertz CT molecular complexity index is 4450. The van der Waals surface area contributed by atoms with Gasteiger partial charge in [0.05, 0.1) is 71.5 Å². The van der Waals surface area contributed by atoms with E-state index in [0.717, 1.165) is 23.3 Å². The average Bonchev–Trinajstić information content (AvgIpc) is 1.98. The number of ketones is 2. The van der Waals surface area contributed by atoms with Gasteiger partial charge in [-0.1, -0.05) is 82.8 Å². The van der Waals surface area contributed by atoms with Crippen LogP contribution in [0.25, 0.3) is 21.9 Å². The molecule has 6 aromatic carbocycles. The fourth-order valence-electron chi connectivity index (χ4n) is 10.9. The van der Waals surface area contributed by atoms with E-state index in [0.29, 0.717) is 81.6 Å². The van der Waals surface area contributed by atoms with Gasteiger partial charge in [-0.2, -0.15) is 0 Å². The highest BCUT2D eigenvalue weighted by atomic mass is 35.5. The van der Waals surface area contributed by atoms with Crippen molar-refractivity contribution in [2.45, 2.75) is 94.6 Å². The number of carboxylic acid groups (broad SMARTS) is 1. The van der Waals surface area contributed by atoms with Crippen LogP contribution in [0, 0.1) is 11.8 Å². The predicted molar refractivity (Wildman–Crippen MR) is 340 cm³/mol. The molecule has 0 spiro atoms. The number of hydrogen-bond donors (Lipinski definition) is 1. The van der Waals surface area contributed by atoms with Crippen LogP contribution in [-0.4, -0.2) is 111 Å². The van der Waals surface area contributed by atoms with Gasteiger partial charge in [0, 0.05) is 80.4 Å². The topological polar surface area (TPSA) is 268 Å². The first kappa shape index (κ1) is 67.3. The summed E-state index contributed by atoms with van der Waals surface area (Å²) in [5.74, 6) is -5.80. The van der Waals surface area contributed by atoms with Crippen molar-refractivity contribution in [3.05, 3.63) is 197 Å². The van der Waals surface area contributed by atoms with E-state index in [2.05, 4.69) is 0 Å². The van der Waals surface area contributed by atoms with Crippen LogP contribution in [0.3, 0.4) is 0 Å². The Morgan fingerprint density at radius 3 is 1.43 bits per heavy atom. The number of nitrogens with zero attached hydrogens (tertiary/aromatic N) is 2. The van der Waals surface area contributed by atoms with Gasteiger partial charge in [0.25, 0.3) is 11.8 Å². The Labute approximate surface area is 543 Å². The highest BCUT2D eigenvalue weighted by Gasteiger charge is 2.34. The van der Waals surface area contributed by atoms with Gasteiger partial charge in [0.2, 0.25) is 6.29 Å². The summed E-state index contributed by atoms with van der Waals surface area (Å²) < 4.78 is 74.4. The lowest BCUT2D eigenvalue weighted by Gasteiger charge is -2.30. The quantitative estimate of drug-likeness (QED) is 0.0448. The van der Waals surface area contributed by atoms with Crippen molar-refractivity contribution in [3.8, 4) is 0 Å². The third-order valence-electron chi connectivity index (χ3n) is 15.4. The molecule has 2 aromatic heterocycles. The molecule has 0 bridgehead atoms. The lowest BCUT2D eigenvalue weighted by Crippen LogP contribution is -2.36. The maximum Gasteiger partial charge on any atom is 0.511 e. The third-order valence-corrected chi connectivity index (χ3v) is 19.0. The predicted octanol–water partition coefficient (Wildman–Crippen LogP) is 13.1. The normalized spacial score (nSPS) is 14.1. The summed E-state index contributed by atoms with van der Waals surface area (Å²) in [7, 11) is -7.04. The van der Waals surface area contributed by atoms with Gasteiger partial charge in [0.15, 0.2) is 31.2 Å². The van der Waals surface area contributed by atoms with Crippen LogP contribution < -0.4 is 0 Å². The monoisotopic (exact) mass is 1360 g/mol. The number of fused-ring (bicyclic) bond motifs is 4.